The molecule has 0 bridgehead atoms. The lowest BCUT2D eigenvalue weighted by Crippen LogP contribution is -2.37. The molecule has 0 unspecified atom stereocenters. The second kappa shape index (κ2) is 7.04. The van der Waals surface area contributed by atoms with Crippen LogP contribution in [-0.4, -0.2) is 23.4 Å². The zero-order chi connectivity index (χ0) is 18.0. The summed E-state index contributed by atoms with van der Waals surface area (Å²) in [4.78, 5) is 18.4. The van der Waals surface area contributed by atoms with Crippen molar-refractivity contribution in [1.82, 2.24) is 4.98 Å². The van der Waals surface area contributed by atoms with Crippen molar-refractivity contribution in [2.45, 2.75) is 31.5 Å². The Morgan fingerprint density at radius 1 is 1.20 bits per heavy atom. The van der Waals surface area contributed by atoms with Crippen LogP contribution in [0.1, 0.15) is 24.1 Å². The first-order valence-electron chi connectivity index (χ1n) is 7.91. The van der Waals surface area contributed by atoms with Gasteiger partial charge in [-0.15, -0.1) is 0 Å². The van der Waals surface area contributed by atoms with E-state index in [1.54, 1.807) is 12.1 Å². The van der Waals surface area contributed by atoms with Gasteiger partial charge in [0.1, 0.15) is 0 Å². The number of aromatic nitrogens is 1. The predicted octanol–water partition coefficient (Wildman–Crippen LogP) is 4.53. The first-order valence-corrected chi connectivity index (χ1v) is 8.29. The molecule has 7 heteroatoms. The minimum atomic E-state index is -4.42. The van der Waals surface area contributed by atoms with Gasteiger partial charge in [-0.05, 0) is 49.2 Å². The summed E-state index contributed by atoms with van der Waals surface area (Å²) in [5.41, 5.74) is 0.453. The number of hydrogen-bond donors (Lipinski definition) is 0. The summed E-state index contributed by atoms with van der Waals surface area (Å²) < 4.78 is 37.7. The van der Waals surface area contributed by atoms with Gasteiger partial charge in [-0.1, -0.05) is 11.6 Å². The fourth-order valence-corrected chi connectivity index (χ4v) is 3.16. The summed E-state index contributed by atoms with van der Waals surface area (Å²) >= 11 is 5.90. The Morgan fingerprint density at radius 3 is 2.52 bits per heavy atom. The number of pyridine rings is 1. The van der Waals surface area contributed by atoms with Gasteiger partial charge in [0.25, 0.3) is 0 Å². The van der Waals surface area contributed by atoms with E-state index < -0.39 is 11.7 Å². The van der Waals surface area contributed by atoms with Gasteiger partial charge >= 0.3 is 6.18 Å². The fourth-order valence-electron chi connectivity index (χ4n) is 3.04. The zero-order valence-electron chi connectivity index (χ0n) is 13.3. The topological polar surface area (TPSA) is 33.2 Å². The van der Waals surface area contributed by atoms with Crippen LogP contribution >= 0.6 is 11.6 Å². The summed E-state index contributed by atoms with van der Waals surface area (Å²) in [6.07, 6.45) is -2.02. The molecule has 3 rings (SSSR count). The van der Waals surface area contributed by atoms with Gasteiger partial charge in [0, 0.05) is 29.1 Å². The van der Waals surface area contributed by atoms with Crippen molar-refractivity contribution in [3.63, 3.8) is 0 Å². The quantitative estimate of drug-likeness (QED) is 0.794. The van der Waals surface area contributed by atoms with Crippen LogP contribution in [-0.2, 0) is 17.4 Å². The third-order valence-corrected chi connectivity index (χ3v) is 4.54. The minimum absolute atomic E-state index is 0.0207. The standard InChI is InChI=1S/C18H16ClF3N2O/c19-13-4-7-15(8-5-13)24-9-1-2-16(24)17(25)10-14-6-3-12(11-23-14)18(20,21)22/h3-8,11,16H,1-2,9-10H2/t16-/m0/s1. The van der Waals surface area contributed by atoms with Crippen LogP contribution in [0.15, 0.2) is 42.6 Å². The number of anilines is 1. The van der Waals surface area contributed by atoms with Crippen molar-refractivity contribution in [3.05, 3.63) is 58.9 Å². The highest BCUT2D eigenvalue weighted by Gasteiger charge is 2.32. The maximum Gasteiger partial charge on any atom is 0.417 e. The summed E-state index contributed by atoms with van der Waals surface area (Å²) in [5, 5.41) is 0.625. The van der Waals surface area contributed by atoms with Crippen LogP contribution in [0.5, 0.6) is 0 Å². The molecule has 0 saturated carbocycles. The first-order chi connectivity index (χ1) is 11.8. The average Bonchev–Trinajstić information content (AvgIpc) is 3.05. The van der Waals surface area contributed by atoms with Crippen molar-refractivity contribution in [3.8, 4) is 0 Å². The normalized spacial score (nSPS) is 17.8. The van der Waals surface area contributed by atoms with Crippen LogP contribution in [0.4, 0.5) is 18.9 Å². The van der Waals surface area contributed by atoms with Gasteiger partial charge in [-0.25, -0.2) is 0 Å². The second-order valence-electron chi connectivity index (χ2n) is 6.01. The predicted molar refractivity (Wildman–Crippen MR) is 89.8 cm³/mol. The lowest BCUT2D eigenvalue weighted by molar-refractivity contribution is -0.137. The highest BCUT2D eigenvalue weighted by molar-refractivity contribution is 6.30. The molecule has 1 fully saturated rings. The van der Waals surface area contributed by atoms with Gasteiger partial charge in [0.05, 0.1) is 18.0 Å². The molecule has 0 aliphatic carbocycles. The van der Waals surface area contributed by atoms with Crippen molar-refractivity contribution < 1.29 is 18.0 Å². The molecule has 1 saturated heterocycles. The Kier molecular flexibility index (Phi) is 4.99. The molecule has 0 N–H and O–H groups in total. The van der Waals surface area contributed by atoms with E-state index >= 15 is 0 Å². The number of Topliss-reactive ketones (excluding diaryl/α,β-unsaturated/α-hetero) is 1. The van der Waals surface area contributed by atoms with E-state index in [-0.39, 0.29) is 18.2 Å². The molecule has 1 aliphatic rings. The molecule has 0 amide bonds. The van der Waals surface area contributed by atoms with E-state index in [4.69, 9.17) is 11.6 Å². The van der Waals surface area contributed by atoms with Gasteiger partial charge < -0.3 is 4.90 Å². The number of rotatable bonds is 4. The smallest absolute Gasteiger partial charge is 0.361 e. The summed E-state index contributed by atoms with van der Waals surface area (Å²) in [6, 6.07) is 9.21. The SMILES string of the molecule is O=C(Cc1ccc(C(F)(F)F)cn1)[C@@H]1CCCN1c1ccc(Cl)cc1. The largest absolute Gasteiger partial charge is 0.417 e. The Morgan fingerprint density at radius 2 is 1.92 bits per heavy atom. The molecule has 132 valence electrons. The van der Waals surface area contributed by atoms with Crippen LogP contribution in [0.25, 0.3) is 0 Å². The monoisotopic (exact) mass is 368 g/mol. The number of hydrogen-bond acceptors (Lipinski definition) is 3. The molecule has 3 nitrogen and oxygen atoms in total. The van der Waals surface area contributed by atoms with Gasteiger partial charge in [-0.3, -0.25) is 9.78 Å². The number of halogens is 4. The molecule has 0 radical (unpaired) electrons. The molecule has 25 heavy (non-hydrogen) atoms. The average molecular weight is 369 g/mol. The van der Waals surface area contributed by atoms with Gasteiger partial charge in [0.2, 0.25) is 0 Å². The zero-order valence-corrected chi connectivity index (χ0v) is 14.0. The van der Waals surface area contributed by atoms with Crippen LogP contribution in [0.3, 0.4) is 0 Å². The number of benzene rings is 1. The van der Waals surface area contributed by atoms with Crippen LogP contribution in [0, 0.1) is 0 Å². The molecule has 2 aromatic rings. The number of alkyl halides is 3. The van der Waals surface area contributed by atoms with Crippen LogP contribution < -0.4 is 4.90 Å². The maximum absolute atomic E-state index is 12.6. The number of ketones is 1. The molecule has 2 heterocycles. The molecule has 1 aromatic heterocycles. The molecule has 1 aliphatic heterocycles. The summed E-state index contributed by atoms with van der Waals surface area (Å²) in [6.45, 7) is 0.762. The first kappa shape index (κ1) is 17.7. The Hall–Kier alpha value is -2.08. The Labute approximate surface area is 148 Å². The number of nitrogens with zero attached hydrogens (tertiary/aromatic N) is 2. The Bertz CT molecular complexity index is 744. The van der Waals surface area contributed by atoms with Crippen molar-refractivity contribution >= 4 is 23.1 Å². The van der Waals surface area contributed by atoms with Crippen molar-refractivity contribution in [2.24, 2.45) is 0 Å². The lowest BCUT2D eigenvalue weighted by atomic mass is 10.0. The second-order valence-corrected chi connectivity index (χ2v) is 6.44. The van der Waals surface area contributed by atoms with E-state index in [1.165, 1.54) is 6.07 Å². The fraction of sp³-hybridized carbons (Fsp3) is 0.333. The highest BCUT2D eigenvalue weighted by Crippen LogP contribution is 2.29. The maximum atomic E-state index is 12.6. The molecular formula is C18H16ClF3N2O. The molecular weight excluding hydrogens is 353 g/mol. The Balaban J connectivity index is 1.70. The summed E-state index contributed by atoms with van der Waals surface area (Å²) in [7, 11) is 0. The molecule has 1 atom stereocenters. The minimum Gasteiger partial charge on any atom is -0.361 e. The van der Waals surface area contributed by atoms with E-state index in [1.807, 2.05) is 17.0 Å². The summed E-state index contributed by atoms with van der Waals surface area (Å²) in [5.74, 6) is -0.0419. The van der Waals surface area contributed by atoms with Gasteiger partial charge in [0.15, 0.2) is 5.78 Å². The third kappa shape index (κ3) is 4.12. The number of carbonyl (C=O) groups is 1. The van der Waals surface area contributed by atoms with Crippen LogP contribution in [0.2, 0.25) is 5.02 Å². The van der Waals surface area contributed by atoms with E-state index in [0.717, 1.165) is 37.3 Å². The third-order valence-electron chi connectivity index (χ3n) is 4.29. The molecule has 0 spiro atoms. The number of carbonyl (C=O) groups excluding carboxylic acids is 1. The lowest BCUT2D eigenvalue weighted by Gasteiger charge is -2.25. The van der Waals surface area contributed by atoms with E-state index in [0.29, 0.717) is 10.7 Å². The van der Waals surface area contributed by atoms with Crippen molar-refractivity contribution in [1.29, 1.82) is 0 Å². The van der Waals surface area contributed by atoms with E-state index in [2.05, 4.69) is 4.98 Å². The van der Waals surface area contributed by atoms with E-state index in [9.17, 15) is 18.0 Å². The highest BCUT2D eigenvalue weighted by atomic mass is 35.5. The molecule has 1 aromatic carbocycles. The van der Waals surface area contributed by atoms with Gasteiger partial charge in [-0.2, -0.15) is 13.2 Å². The van der Waals surface area contributed by atoms with Crippen molar-refractivity contribution in [2.75, 3.05) is 11.4 Å².